The Labute approximate surface area is 59.3 Å². The summed E-state index contributed by atoms with van der Waals surface area (Å²) >= 11 is 0. The molecule has 0 spiro atoms. The SMILES string of the molecule is CN/N=C/c1cn[nH]c1C. The van der Waals surface area contributed by atoms with Crippen LogP contribution in [0.5, 0.6) is 0 Å². The van der Waals surface area contributed by atoms with Gasteiger partial charge in [-0.15, -0.1) is 0 Å². The number of rotatable bonds is 2. The van der Waals surface area contributed by atoms with E-state index in [0.717, 1.165) is 11.3 Å². The zero-order chi connectivity index (χ0) is 7.40. The molecule has 0 unspecified atom stereocenters. The summed E-state index contributed by atoms with van der Waals surface area (Å²) in [6.45, 7) is 1.95. The van der Waals surface area contributed by atoms with Gasteiger partial charge in [0.25, 0.3) is 0 Å². The van der Waals surface area contributed by atoms with Crippen LogP contribution in [0.25, 0.3) is 0 Å². The van der Waals surface area contributed by atoms with Crippen molar-refractivity contribution >= 4 is 6.21 Å². The highest BCUT2D eigenvalue weighted by molar-refractivity contribution is 5.80. The third-order valence-electron chi connectivity index (χ3n) is 1.20. The Bertz CT molecular complexity index is 225. The zero-order valence-electron chi connectivity index (χ0n) is 6.05. The first kappa shape index (κ1) is 6.80. The molecule has 0 radical (unpaired) electrons. The fourth-order valence-corrected chi connectivity index (χ4v) is 0.624. The molecule has 10 heavy (non-hydrogen) atoms. The van der Waals surface area contributed by atoms with Crippen molar-refractivity contribution < 1.29 is 0 Å². The highest BCUT2D eigenvalue weighted by Gasteiger charge is 1.93. The van der Waals surface area contributed by atoms with Crippen molar-refractivity contribution in [1.82, 2.24) is 15.6 Å². The summed E-state index contributed by atoms with van der Waals surface area (Å²) in [4.78, 5) is 0. The van der Waals surface area contributed by atoms with E-state index >= 15 is 0 Å². The molecule has 0 atom stereocenters. The minimum Gasteiger partial charge on any atom is -0.313 e. The van der Waals surface area contributed by atoms with Crippen LogP contribution in [0, 0.1) is 6.92 Å². The fraction of sp³-hybridized carbons (Fsp3) is 0.333. The monoisotopic (exact) mass is 138 g/mol. The van der Waals surface area contributed by atoms with Gasteiger partial charge in [-0.1, -0.05) is 0 Å². The molecule has 0 amide bonds. The van der Waals surface area contributed by atoms with Crippen LogP contribution in [-0.2, 0) is 0 Å². The van der Waals surface area contributed by atoms with E-state index in [0.29, 0.717) is 0 Å². The predicted octanol–water partition coefficient (Wildman–Crippen LogP) is 0.271. The largest absolute Gasteiger partial charge is 0.313 e. The quantitative estimate of drug-likeness (QED) is 0.455. The van der Waals surface area contributed by atoms with Gasteiger partial charge in [0.05, 0.1) is 12.4 Å². The van der Waals surface area contributed by atoms with E-state index in [1.807, 2.05) is 6.92 Å². The molecule has 1 heterocycles. The molecule has 0 fully saturated rings. The van der Waals surface area contributed by atoms with Crippen molar-refractivity contribution in [2.75, 3.05) is 7.05 Å². The number of hydrogen-bond acceptors (Lipinski definition) is 3. The highest BCUT2D eigenvalue weighted by atomic mass is 15.3. The number of aromatic amines is 1. The van der Waals surface area contributed by atoms with E-state index in [1.165, 1.54) is 0 Å². The number of hydrazone groups is 1. The first-order valence-corrected chi connectivity index (χ1v) is 3.04. The topological polar surface area (TPSA) is 53.1 Å². The molecule has 1 rings (SSSR count). The Hall–Kier alpha value is -1.32. The maximum Gasteiger partial charge on any atom is 0.0578 e. The standard InChI is InChI=1S/C6H10N4/c1-5-6(3-8-7-2)4-9-10-5/h3-4,7H,1-2H3,(H,9,10)/b8-3+. The van der Waals surface area contributed by atoms with Gasteiger partial charge in [-0.05, 0) is 6.92 Å². The maximum atomic E-state index is 3.84. The van der Waals surface area contributed by atoms with Crippen molar-refractivity contribution in [3.63, 3.8) is 0 Å². The Kier molecular flexibility index (Phi) is 2.04. The fourth-order valence-electron chi connectivity index (χ4n) is 0.624. The number of aromatic nitrogens is 2. The van der Waals surface area contributed by atoms with Crippen molar-refractivity contribution in [3.05, 3.63) is 17.5 Å². The molecular weight excluding hydrogens is 128 g/mol. The second kappa shape index (κ2) is 3.00. The van der Waals surface area contributed by atoms with Crippen LogP contribution >= 0.6 is 0 Å². The van der Waals surface area contributed by atoms with Gasteiger partial charge < -0.3 is 5.43 Å². The van der Waals surface area contributed by atoms with E-state index < -0.39 is 0 Å². The molecule has 0 aliphatic heterocycles. The van der Waals surface area contributed by atoms with Crippen molar-refractivity contribution in [2.24, 2.45) is 5.10 Å². The molecular formula is C6H10N4. The summed E-state index contributed by atoms with van der Waals surface area (Å²) in [7, 11) is 1.76. The normalized spacial score (nSPS) is 10.6. The van der Waals surface area contributed by atoms with Crippen molar-refractivity contribution in [1.29, 1.82) is 0 Å². The van der Waals surface area contributed by atoms with Crippen LogP contribution in [0.15, 0.2) is 11.3 Å². The molecule has 0 aliphatic carbocycles. The number of hydrogen-bond donors (Lipinski definition) is 2. The van der Waals surface area contributed by atoms with E-state index in [-0.39, 0.29) is 0 Å². The first-order valence-electron chi connectivity index (χ1n) is 3.04. The number of nitrogens with one attached hydrogen (secondary N) is 2. The molecule has 0 aliphatic rings. The summed E-state index contributed by atoms with van der Waals surface area (Å²) < 4.78 is 0. The molecule has 2 N–H and O–H groups in total. The van der Waals surface area contributed by atoms with E-state index in [2.05, 4.69) is 20.7 Å². The van der Waals surface area contributed by atoms with E-state index in [1.54, 1.807) is 19.5 Å². The van der Waals surface area contributed by atoms with Crippen molar-refractivity contribution in [2.45, 2.75) is 6.92 Å². The van der Waals surface area contributed by atoms with E-state index in [9.17, 15) is 0 Å². The number of nitrogens with zero attached hydrogens (tertiary/aromatic N) is 2. The van der Waals surface area contributed by atoms with Crippen LogP contribution in [-0.4, -0.2) is 23.5 Å². The molecule has 0 aromatic carbocycles. The lowest BCUT2D eigenvalue weighted by Gasteiger charge is -1.86. The summed E-state index contributed by atoms with van der Waals surface area (Å²) in [5.74, 6) is 0. The first-order chi connectivity index (χ1) is 4.84. The van der Waals surface area contributed by atoms with Crippen LogP contribution in [0.1, 0.15) is 11.3 Å². The van der Waals surface area contributed by atoms with Gasteiger partial charge >= 0.3 is 0 Å². The maximum absolute atomic E-state index is 3.84. The summed E-state index contributed by atoms with van der Waals surface area (Å²) in [5.41, 5.74) is 4.70. The number of aryl methyl sites for hydroxylation is 1. The Balaban J connectivity index is 2.74. The lowest BCUT2D eigenvalue weighted by atomic mass is 10.3. The van der Waals surface area contributed by atoms with E-state index in [4.69, 9.17) is 0 Å². The third kappa shape index (κ3) is 1.34. The van der Waals surface area contributed by atoms with Gasteiger partial charge in [-0.2, -0.15) is 10.2 Å². The molecule has 0 bridgehead atoms. The Morgan fingerprint density at radius 3 is 3.10 bits per heavy atom. The van der Waals surface area contributed by atoms with Gasteiger partial charge in [0, 0.05) is 18.3 Å². The molecule has 4 heteroatoms. The smallest absolute Gasteiger partial charge is 0.0578 e. The minimum absolute atomic E-state index is 1.01. The molecule has 1 aromatic heterocycles. The average molecular weight is 138 g/mol. The van der Waals surface area contributed by atoms with Gasteiger partial charge in [0.2, 0.25) is 0 Å². The predicted molar refractivity (Wildman–Crippen MR) is 40.0 cm³/mol. The average Bonchev–Trinajstić information content (AvgIpc) is 2.31. The molecule has 1 aromatic rings. The number of H-pyrrole nitrogens is 1. The Morgan fingerprint density at radius 1 is 1.80 bits per heavy atom. The van der Waals surface area contributed by atoms with Gasteiger partial charge in [0.15, 0.2) is 0 Å². The van der Waals surface area contributed by atoms with Crippen LogP contribution < -0.4 is 5.43 Å². The molecule has 4 nitrogen and oxygen atoms in total. The summed E-state index contributed by atoms with van der Waals surface area (Å²) in [6, 6.07) is 0. The van der Waals surface area contributed by atoms with Crippen LogP contribution in [0.2, 0.25) is 0 Å². The lowest BCUT2D eigenvalue weighted by molar-refractivity contribution is 0.908. The molecule has 0 saturated heterocycles. The van der Waals surface area contributed by atoms with Crippen LogP contribution in [0.4, 0.5) is 0 Å². The summed E-state index contributed by atoms with van der Waals surface area (Å²) in [6.07, 6.45) is 3.45. The highest BCUT2D eigenvalue weighted by Crippen LogP contribution is 1.96. The van der Waals surface area contributed by atoms with Crippen molar-refractivity contribution in [3.8, 4) is 0 Å². The second-order valence-electron chi connectivity index (χ2n) is 1.93. The van der Waals surface area contributed by atoms with Crippen LogP contribution in [0.3, 0.4) is 0 Å². The lowest BCUT2D eigenvalue weighted by Crippen LogP contribution is -1.94. The molecule has 0 saturated carbocycles. The third-order valence-corrected chi connectivity index (χ3v) is 1.20. The second-order valence-corrected chi connectivity index (χ2v) is 1.93. The minimum atomic E-state index is 1.01. The zero-order valence-corrected chi connectivity index (χ0v) is 6.05. The van der Waals surface area contributed by atoms with Gasteiger partial charge in [0.1, 0.15) is 0 Å². The van der Waals surface area contributed by atoms with Gasteiger partial charge in [-0.25, -0.2) is 0 Å². The summed E-state index contributed by atoms with van der Waals surface area (Å²) in [5, 5.41) is 10.5. The van der Waals surface area contributed by atoms with Gasteiger partial charge in [-0.3, -0.25) is 5.10 Å². The Morgan fingerprint density at radius 2 is 2.60 bits per heavy atom. The molecule has 54 valence electrons.